The van der Waals surface area contributed by atoms with Crippen LogP contribution in [0.5, 0.6) is 0 Å². The number of nitrogens with zero attached hydrogens (tertiary/aromatic N) is 2. The molecule has 1 unspecified atom stereocenters. The topological polar surface area (TPSA) is 78.7 Å². The number of hydrogen-bond acceptors (Lipinski definition) is 4. The third kappa shape index (κ3) is 4.00. The Balaban J connectivity index is 1.76. The van der Waals surface area contributed by atoms with E-state index in [1.807, 2.05) is 40.1 Å². The number of nitrogens with two attached hydrogens (primary N) is 1. The molecule has 136 valence electrons. The molecule has 2 aromatic carbocycles. The lowest BCUT2D eigenvalue weighted by atomic mass is 10.0. The van der Waals surface area contributed by atoms with Gasteiger partial charge >= 0.3 is 6.03 Å². The van der Waals surface area contributed by atoms with Crippen LogP contribution < -0.4 is 16.0 Å². The van der Waals surface area contributed by atoms with Crippen LogP contribution in [-0.2, 0) is 4.79 Å². The second-order valence-electron chi connectivity index (χ2n) is 6.14. The van der Waals surface area contributed by atoms with Crippen LogP contribution in [0, 0.1) is 5.82 Å². The van der Waals surface area contributed by atoms with Crippen molar-refractivity contribution in [3.63, 3.8) is 0 Å². The third-order valence-corrected chi connectivity index (χ3v) is 4.48. The van der Waals surface area contributed by atoms with Gasteiger partial charge in [0.15, 0.2) is 0 Å². The molecule has 3 amide bonds. The third-order valence-electron chi connectivity index (χ3n) is 4.48. The Morgan fingerprint density at radius 2 is 1.58 bits per heavy atom. The number of nitrogens with one attached hydrogen (secondary N) is 1. The summed E-state index contributed by atoms with van der Waals surface area (Å²) in [7, 11) is 0. The molecular formula is C19H21FN4O2. The highest BCUT2D eigenvalue weighted by molar-refractivity contribution is 5.96. The number of rotatable bonds is 4. The first-order chi connectivity index (χ1) is 12.6. The summed E-state index contributed by atoms with van der Waals surface area (Å²) in [6.07, 6.45) is 0. The van der Waals surface area contributed by atoms with Crippen LogP contribution >= 0.6 is 0 Å². The van der Waals surface area contributed by atoms with Crippen molar-refractivity contribution in [3.05, 3.63) is 66.0 Å². The van der Waals surface area contributed by atoms with Crippen LogP contribution in [0.15, 0.2) is 54.6 Å². The van der Waals surface area contributed by atoms with E-state index in [1.165, 1.54) is 6.07 Å². The fourth-order valence-corrected chi connectivity index (χ4v) is 3.28. The highest BCUT2D eigenvalue weighted by atomic mass is 19.1. The molecule has 1 aliphatic heterocycles. The Kier molecular flexibility index (Phi) is 5.48. The van der Waals surface area contributed by atoms with Gasteiger partial charge in [0, 0.05) is 26.2 Å². The number of benzene rings is 2. The summed E-state index contributed by atoms with van der Waals surface area (Å²) in [6.45, 7) is 2.27. The summed E-state index contributed by atoms with van der Waals surface area (Å²) < 4.78 is 14.0. The van der Waals surface area contributed by atoms with Crippen molar-refractivity contribution in [2.75, 3.05) is 31.1 Å². The van der Waals surface area contributed by atoms with Gasteiger partial charge in [-0.05, 0) is 17.7 Å². The first-order valence-electron chi connectivity index (χ1n) is 8.45. The number of hydrogen-bond donors (Lipinski definition) is 2. The highest BCUT2D eigenvalue weighted by Gasteiger charge is 2.31. The Bertz CT molecular complexity index is 776. The van der Waals surface area contributed by atoms with E-state index in [9.17, 15) is 14.0 Å². The lowest BCUT2D eigenvalue weighted by Gasteiger charge is -2.39. The summed E-state index contributed by atoms with van der Waals surface area (Å²) in [5.74, 6) is -0.713. The van der Waals surface area contributed by atoms with Crippen LogP contribution in [0.25, 0.3) is 0 Å². The molecule has 2 aromatic rings. The molecule has 1 fully saturated rings. The van der Waals surface area contributed by atoms with Crippen LogP contribution in [0.1, 0.15) is 11.6 Å². The molecule has 6 nitrogen and oxygen atoms in total. The SMILES string of the molecule is NC(=O)NC(=O)C(c1ccccc1)N1CCN(c2ccccc2F)CC1. The number of carbonyl (C=O) groups is 2. The Hall–Kier alpha value is -2.93. The minimum absolute atomic E-state index is 0.257. The maximum absolute atomic E-state index is 14.0. The van der Waals surface area contributed by atoms with E-state index in [2.05, 4.69) is 5.32 Å². The second kappa shape index (κ2) is 7.97. The molecule has 3 N–H and O–H groups in total. The summed E-state index contributed by atoms with van der Waals surface area (Å²) in [4.78, 5) is 27.6. The number of carbonyl (C=O) groups excluding carboxylic acids is 2. The molecule has 1 atom stereocenters. The zero-order valence-electron chi connectivity index (χ0n) is 14.3. The summed E-state index contributed by atoms with van der Waals surface area (Å²) in [5, 5.41) is 2.18. The quantitative estimate of drug-likeness (QED) is 0.877. The minimum atomic E-state index is -0.874. The van der Waals surface area contributed by atoms with Crippen molar-refractivity contribution in [2.45, 2.75) is 6.04 Å². The van der Waals surface area contributed by atoms with Gasteiger partial charge in [-0.2, -0.15) is 0 Å². The average Bonchev–Trinajstić information content (AvgIpc) is 2.63. The van der Waals surface area contributed by atoms with Crippen molar-refractivity contribution in [3.8, 4) is 0 Å². The Morgan fingerprint density at radius 1 is 0.962 bits per heavy atom. The highest BCUT2D eigenvalue weighted by Crippen LogP contribution is 2.25. The standard InChI is InChI=1S/C19H21FN4O2/c20-15-8-4-5-9-16(15)23-10-12-24(13-11-23)17(18(25)22-19(21)26)14-6-2-1-3-7-14/h1-9,17H,10-13H2,(H3,21,22,25,26). The van der Waals surface area contributed by atoms with Gasteiger partial charge in [0.05, 0.1) is 5.69 Å². The van der Waals surface area contributed by atoms with Gasteiger partial charge < -0.3 is 10.6 Å². The van der Waals surface area contributed by atoms with E-state index in [4.69, 9.17) is 5.73 Å². The molecule has 0 saturated carbocycles. The number of para-hydroxylation sites is 1. The molecule has 0 bridgehead atoms. The van der Waals surface area contributed by atoms with E-state index >= 15 is 0 Å². The normalized spacial score (nSPS) is 16.1. The number of amides is 3. The molecule has 1 heterocycles. The second-order valence-corrected chi connectivity index (χ2v) is 6.14. The van der Waals surface area contributed by atoms with E-state index in [0.29, 0.717) is 31.9 Å². The fraction of sp³-hybridized carbons (Fsp3) is 0.263. The van der Waals surface area contributed by atoms with Crippen LogP contribution in [0.4, 0.5) is 14.9 Å². The maximum atomic E-state index is 14.0. The van der Waals surface area contributed by atoms with E-state index in [0.717, 1.165) is 5.56 Å². The average molecular weight is 356 g/mol. The lowest BCUT2D eigenvalue weighted by molar-refractivity contribution is -0.125. The van der Waals surface area contributed by atoms with Crippen molar-refractivity contribution in [1.29, 1.82) is 0 Å². The van der Waals surface area contributed by atoms with Crippen LogP contribution in [0.3, 0.4) is 0 Å². The summed E-state index contributed by atoms with van der Waals surface area (Å²) in [6, 6.07) is 14.4. The number of imide groups is 1. The number of urea groups is 1. The predicted molar refractivity (Wildman–Crippen MR) is 97.1 cm³/mol. The number of anilines is 1. The van der Waals surface area contributed by atoms with Crippen molar-refractivity contribution in [1.82, 2.24) is 10.2 Å². The molecule has 26 heavy (non-hydrogen) atoms. The smallest absolute Gasteiger partial charge is 0.318 e. The first kappa shape index (κ1) is 17.9. The zero-order chi connectivity index (χ0) is 18.5. The zero-order valence-corrected chi connectivity index (χ0v) is 14.3. The molecule has 3 rings (SSSR count). The van der Waals surface area contributed by atoms with Gasteiger partial charge in [0.25, 0.3) is 0 Å². The van der Waals surface area contributed by atoms with Gasteiger partial charge in [-0.15, -0.1) is 0 Å². The van der Waals surface area contributed by atoms with E-state index < -0.39 is 18.0 Å². The summed E-state index contributed by atoms with van der Waals surface area (Å²) >= 11 is 0. The molecule has 1 aliphatic rings. The maximum Gasteiger partial charge on any atom is 0.318 e. The molecule has 0 aromatic heterocycles. The van der Waals surface area contributed by atoms with Gasteiger partial charge in [0.1, 0.15) is 11.9 Å². The Morgan fingerprint density at radius 3 is 2.19 bits per heavy atom. The van der Waals surface area contributed by atoms with Gasteiger partial charge in [0.2, 0.25) is 5.91 Å². The van der Waals surface area contributed by atoms with Crippen LogP contribution in [0.2, 0.25) is 0 Å². The van der Waals surface area contributed by atoms with Crippen molar-refractivity contribution >= 4 is 17.6 Å². The molecule has 0 aliphatic carbocycles. The summed E-state index contributed by atoms with van der Waals surface area (Å²) in [5.41, 5.74) is 6.46. The van der Waals surface area contributed by atoms with Crippen molar-refractivity contribution in [2.24, 2.45) is 5.73 Å². The van der Waals surface area contributed by atoms with Crippen molar-refractivity contribution < 1.29 is 14.0 Å². The van der Waals surface area contributed by atoms with Gasteiger partial charge in [-0.3, -0.25) is 15.0 Å². The predicted octanol–water partition coefficient (Wildman–Crippen LogP) is 1.88. The molecule has 0 radical (unpaired) electrons. The lowest BCUT2D eigenvalue weighted by Crippen LogP contribution is -2.52. The Labute approximate surface area is 151 Å². The van der Waals surface area contributed by atoms with E-state index in [-0.39, 0.29) is 5.82 Å². The monoisotopic (exact) mass is 356 g/mol. The molecule has 1 saturated heterocycles. The molecule has 0 spiro atoms. The largest absolute Gasteiger partial charge is 0.367 e. The first-order valence-corrected chi connectivity index (χ1v) is 8.45. The number of piperazine rings is 1. The minimum Gasteiger partial charge on any atom is -0.367 e. The molecule has 7 heteroatoms. The van der Waals surface area contributed by atoms with Gasteiger partial charge in [-0.25, -0.2) is 9.18 Å². The number of primary amides is 1. The fourth-order valence-electron chi connectivity index (χ4n) is 3.28. The van der Waals surface area contributed by atoms with E-state index in [1.54, 1.807) is 18.2 Å². The molecular weight excluding hydrogens is 335 g/mol. The number of halogens is 1. The van der Waals surface area contributed by atoms with Gasteiger partial charge in [-0.1, -0.05) is 42.5 Å². The van der Waals surface area contributed by atoms with Crippen LogP contribution in [-0.4, -0.2) is 43.0 Å².